The number of methoxy groups -OCH3 is 1. The summed E-state index contributed by atoms with van der Waals surface area (Å²) in [4.78, 5) is 10.5. The Bertz CT molecular complexity index is 551. The molecule has 0 aliphatic carbocycles. The van der Waals surface area contributed by atoms with Gasteiger partial charge in [0.15, 0.2) is 23.2 Å². The lowest BCUT2D eigenvalue weighted by Gasteiger charge is -2.12. The molecule has 0 amide bonds. The zero-order valence-corrected chi connectivity index (χ0v) is 13.4. The van der Waals surface area contributed by atoms with Gasteiger partial charge < -0.3 is 20.3 Å². The van der Waals surface area contributed by atoms with Gasteiger partial charge in [0.1, 0.15) is 0 Å². The molecule has 0 atom stereocenters. The number of halogens is 1. The Kier molecular flexibility index (Phi) is 6.45. The molecular weight excluding hydrogens is 397 g/mol. The Morgan fingerprint density at radius 1 is 1.65 bits per heavy atom. The molecule has 0 saturated carbocycles. The summed E-state index contributed by atoms with van der Waals surface area (Å²) in [6.07, 6.45) is 1.50. The standard InChI is InChI=1S/C11H12IN3O4S/c1-18-8-3-6(4-14-15-11(13)20)2-7(12)10(8)19-5-9(16)17/h2-4H,5H2,1H3,(H,16,17)(H3,13,15,20)/b14-4-. The van der Waals surface area contributed by atoms with Crippen LogP contribution in [0.15, 0.2) is 17.2 Å². The Balaban J connectivity index is 2.97. The summed E-state index contributed by atoms with van der Waals surface area (Å²) >= 11 is 6.63. The van der Waals surface area contributed by atoms with Crippen LogP contribution in [0.1, 0.15) is 5.56 Å². The van der Waals surface area contributed by atoms with Crippen molar-refractivity contribution in [3.05, 3.63) is 21.3 Å². The van der Waals surface area contributed by atoms with Crippen LogP contribution in [0, 0.1) is 3.57 Å². The lowest BCUT2D eigenvalue weighted by atomic mass is 10.2. The predicted molar refractivity (Wildman–Crippen MR) is 86.4 cm³/mol. The Labute approximate surface area is 134 Å². The zero-order valence-electron chi connectivity index (χ0n) is 10.4. The fraction of sp³-hybridized carbons (Fsp3) is 0.182. The zero-order chi connectivity index (χ0) is 15.1. The summed E-state index contributed by atoms with van der Waals surface area (Å²) in [5.41, 5.74) is 8.39. The third-order valence-corrected chi connectivity index (χ3v) is 2.87. The third-order valence-electron chi connectivity index (χ3n) is 1.98. The third kappa shape index (κ3) is 5.17. The number of nitrogens with zero attached hydrogens (tertiary/aromatic N) is 1. The maximum Gasteiger partial charge on any atom is 0.341 e. The molecule has 0 unspecified atom stereocenters. The van der Waals surface area contributed by atoms with Crippen LogP contribution in [-0.4, -0.2) is 36.1 Å². The van der Waals surface area contributed by atoms with E-state index in [0.29, 0.717) is 15.1 Å². The van der Waals surface area contributed by atoms with E-state index in [9.17, 15) is 4.79 Å². The van der Waals surface area contributed by atoms with Gasteiger partial charge in [-0.2, -0.15) is 5.10 Å². The lowest BCUT2D eigenvalue weighted by molar-refractivity contribution is -0.139. The van der Waals surface area contributed by atoms with Gasteiger partial charge in [-0.1, -0.05) is 0 Å². The molecule has 4 N–H and O–H groups in total. The van der Waals surface area contributed by atoms with Crippen molar-refractivity contribution in [3.63, 3.8) is 0 Å². The van der Waals surface area contributed by atoms with Crippen LogP contribution < -0.4 is 20.6 Å². The molecule has 108 valence electrons. The van der Waals surface area contributed by atoms with E-state index in [4.69, 9.17) is 20.3 Å². The highest BCUT2D eigenvalue weighted by Crippen LogP contribution is 2.33. The van der Waals surface area contributed by atoms with Crippen LogP contribution in [0.3, 0.4) is 0 Å². The largest absolute Gasteiger partial charge is 0.493 e. The van der Waals surface area contributed by atoms with Crippen molar-refractivity contribution in [1.29, 1.82) is 0 Å². The molecule has 20 heavy (non-hydrogen) atoms. The maximum absolute atomic E-state index is 10.5. The van der Waals surface area contributed by atoms with E-state index >= 15 is 0 Å². The van der Waals surface area contributed by atoms with Crippen molar-refractivity contribution in [2.75, 3.05) is 13.7 Å². The number of hydrogen-bond acceptors (Lipinski definition) is 5. The van der Waals surface area contributed by atoms with Crippen LogP contribution in [0.4, 0.5) is 0 Å². The van der Waals surface area contributed by atoms with Crippen LogP contribution >= 0.6 is 34.8 Å². The first-order valence-electron chi connectivity index (χ1n) is 5.24. The number of hydrazone groups is 1. The second-order valence-electron chi connectivity index (χ2n) is 3.45. The highest BCUT2D eigenvalue weighted by molar-refractivity contribution is 14.1. The molecule has 0 aliphatic heterocycles. The molecule has 0 fully saturated rings. The molecule has 1 aromatic carbocycles. The normalized spacial score (nSPS) is 10.3. The molecular formula is C11H12IN3O4S. The molecule has 0 aliphatic rings. The molecule has 0 radical (unpaired) electrons. The van der Waals surface area contributed by atoms with E-state index in [0.717, 1.165) is 5.56 Å². The molecule has 0 bridgehead atoms. The number of hydrogen-bond donors (Lipinski definition) is 3. The monoisotopic (exact) mass is 409 g/mol. The van der Waals surface area contributed by atoms with E-state index in [2.05, 4.69) is 22.7 Å². The van der Waals surface area contributed by atoms with Gasteiger partial charge in [-0.15, -0.1) is 0 Å². The van der Waals surface area contributed by atoms with Gasteiger partial charge in [-0.3, -0.25) is 5.43 Å². The van der Waals surface area contributed by atoms with E-state index in [-0.39, 0.29) is 5.11 Å². The fourth-order valence-electron chi connectivity index (χ4n) is 1.26. The summed E-state index contributed by atoms with van der Waals surface area (Å²) in [7, 11) is 1.47. The SMILES string of the molecule is COc1cc(/C=N\NC(N)=S)cc(I)c1OCC(=O)O. The van der Waals surface area contributed by atoms with Gasteiger partial charge in [0.2, 0.25) is 0 Å². The lowest BCUT2D eigenvalue weighted by Crippen LogP contribution is -2.24. The van der Waals surface area contributed by atoms with Crippen molar-refractivity contribution in [2.24, 2.45) is 10.8 Å². The molecule has 9 heteroatoms. The second kappa shape index (κ2) is 7.85. The fourth-order valence-corrected chi connectivity index (χ4v) is 2.09. The second-order valence-corrected chi connectivity index (χ2v) is 5.05. The quantitative estimate of drug-likeness (QED) is 0.278. The maximum atomic E-state index is 10.5. The van der Waals surface area contributed by atoms with Gasteiger partial charge in [0, 0.05) is 0 Å². The number of nitrogens with one attached hydrogen (secondary N) is 1. The van der Waals surface area contributed by atoms with E-state index < -0.39 is 12.6 Å². The first kappa shape index (κ1) is 16.4. The number of aliphatic carboxylic acids is 1. The van der Waals surface area contributed by atoms with Crippen molar-refractivity contribution >= 4 is 52.1 Å². The van der Waals surface area contributed by atoms with Crippen molar-refractivity contribution in [1.82, 2.24) is 5.43 Å². The number of rotatable bonds is 6. The highest BCUT2D eigenvalue weighted by Gasteiger charge is 2.12. The molecule has 1 aromatic rings. The molecule has 0 heterocycles. The number of carboxylic acid groups (broad SMARTS) is 1. The van der Waals surface area contributed by atoms with Crippen LogP contribution in [-0.2, 0) is 4.79 Å². The average Bonchev–Trinajstić information content (AvgIpc) is 2.36. The number of carboxylic acids is 1. The summed E-state index contributed by atoms with van der Waals surface area (Å²) in [6.45, 7) is -0.442. The summed E-state index contributed by atoms with van der Waals surface area (Å²) in [5, 5.41) is 12.5. The number of benzene rings is 1. The Morgan fingerprint density at radius 3 is 2.90 bits per heavy atom. The van der Waals surface area contributed by atoms with Crippen molar-refractivity contribution in [2.45, 2.75) is 0 Å². The Morgan fingerprint density at radius 2 is 2.35 bits per heavy atom. The van der Waals surface area contributed by atoms with Crippen molar-refractivity contribution in [3.8, 4) is 11.5 Å². The van der Waals surface area contributed by atoms with E-state index in [1.165, 1.54) is 13.3 Å². The van der Waals surface area contributed by atoms with E-state index in [1.54, 1.807) is 12.1 Å². The van der Waals surface area contributed by atoms with Crippen LogP contribution in [0.5, 0.6) is 11.5 Å². The number of carbonyl (C=O) groups is 1. The summed E-state index contributed by atoms with van der Waals surface area (Å²) in [5.74, 6) is -0.279. The predicted octanol–water partition coefficient (Wildman–Crippen LogP) is 0.930. The van der Waals surface area contributed by atoms with Crippen LogP contribution in [0.2, 0.25) is 0 Å². The number of nitrogens with two attached hydrogens (primary N) is 1. The Hall–Kier alpha value is -1.62. The molecule has 0 saturated heterocycles. The van der Waals surface area contributed by atoms with Gasteiger partial charge >= 0.3 is 5.97 Å². The highest BCUT2D eigenvalue weighted by atomic mass is 127. The number of ether oxygens (including phenoxy) is 2. The van der Waals surface area contributed by atoms with Gasteiger partial charge in [0.25, 0.3) is 0 Å². The smallest absolute Gasteiger partial charge is 0.341 e. The first-order valence-corrected chi connectivity index (χ1v) is 6.73. The minimum absolute atomic E-state index is 0.0596. The molecule has 0 aromatic heterocycles. The average molecular weight is 409 g/mol. The molecule has 7 nitrogen and oxygen atoms in total. The van der Waals surface area contributed by atoms with Crippen molar-refractivity contribution < 1.29 is 19.4 Å². The van der Waals surface area contributed by atoms with Gasteiger partial charge in [0.05, 0.1) is 16.9 Å². The number of thiocarbonyl (C=S) groups is 1. The van der Waals surface area contributed by atoms with Gasteiger partial charge in [-0.25, -0.2) is 4.79 Å². The molecule has 0 spiro atoms. The summed E-state index contributed by atoms with van der Waals surface area (Å²) < 4.78 is 11.1. The van der Waals surface area contributed by atoms with E-state index in [1.807, 2.05) is 22.6 Å². The minimum atomic E-state index is -1.06. The van der Waals surface area contributed by atoms with Crippen LogP contribution in [0.25, 0.3) is 0 Å². The topological polar surface area (TPSA) is 106 Å². The van der Waals surface area contributed by atoms with Gasteiger partial charge in [-0.05, 0) is 52.5 Å². The summed E-state index contributed by atoms with van der Waals surface area (Å²) in [6, 6.07) is 3.41. The molecule has 1 rings (SSSR count). The minimum Gasteiger partial charge on any atom is -0.493 e. The first-order chi connectivity index (χ1) is 9.43.